The van der Waals surface area contributed by atoms with Crippen molar-refractivity contribution in [2.45, 2.75) is 25.4 Å². The van der Waals surface area contributed by atoms with Crippen molar-refractivity contribution in [2.24, 2.45) is 0 Å². The van der Waals surface area contributed by atoms with Gasteiger partial charge in [0.05, 0.1) is 26.4 Å². The molecule has 0 bridgehead atoms. The minimum atomic E-state index is -0.726. The molecule has 0 aromatic heterocycles. The number of benzene rings is 2. The second kappa shape index (κ2) is 7.48. The van der Waals surface area contributed by atoms with Crippen LogP contribution in [-0.4, -0.2) is 48.7 Å². The summed E-state index contributed by atoms with van der Waals surface area (Å²) in [5.41, 5.74) is 2.24. The van der Waals surface area contributed by atoms with E-state index in [9.17, 15) is 9.90 Å². The molecule has 1 unspecified atom stereocenters. The average Bonchev–Trinajstić information content (AvgIpc) is 2.67. The number of carbonyl (C=O) groups excluding carboxylic acids is 1. The molecule has 5 heteroatoms. The van der Waals surface area contributed by atoms with Crippen molar-refractivity contribution in [3.05, 3.63) is 59.2 Å². The molecule has 0 spiro atoms. The Labute approximate surface area is 154 Å². The lowest BCUT2D eigenvalue weighted by Gasteiger charge is -2.44. The predicted octanol–water partition coefficient (Wildman–Crippen LogP) is 2.70. The van der Waals surface area contributed by atoms with Gasteiger partial charge in [-0.1, -0.05) is 24.3 Å². The zero-order chi connectivity index (χ0) is 18.7. The van der Waals surface area contributed by atoms with Crippen molar-refractivity contribution in [2.75, 3.05) is 27.4 Å². The van der Waals surface area contributed by atoms with Crippen LogP contribution in [0.3, 0.4) is 0 Å². The van der Waals surface area contributed by atoms with Gasteiger partial charge in [-0.15, -0.1) is 0 Å². The van der Waals surface area contributed by atoms with Gasteiger partial charge in [0, 0.05) is 18.7 Å². The molecule has 3 rings (SSSR count). The lowest BCUT2D eigenvalue weighted by atomic mass is 9.79. The summed E-state index contributed by atoms with van der Waals surface area (Å²) in [5.74, 6) is 1.14. The van der Waals surface area contributed by atoms with Crippen LogP contribution in [-0.2, 0) is 13.0 Å². The number of methoxy groups -OCH3 is 2. The molecule has 0 radical (unpaired) electrons. The number of carbonyl (C=O) groups is 1. The number of aliphatic hydroxyl groups excluding tert-OH is 1. The summed E-state index contributed by atoms with van der Waals surface area (Å²) in [7, 11) is 3.13. The lowest BCUT2D eigenvalue weighted by Crippen LogP contribution is -2.56. The van der Waals surface area contributed by atoms with Gasteiger partial charge in [0.15, 0.2) is 17.3 Å². The van der Waals surface area contributed by atoms with Crippen LogP contribution in [0.2, 0.25) is 0 Å². The number of rotatable bonds is 6. The quantitative estimate of drug-likeness (QED) is 0.808. The average molecular weight is 355 g/mol. The molecule has 5 nitrogen and oxygen atoms in total. The molecule has 2 aromatic rings. The second-order valence-corrected chi connectivity index (χ2v) is 6.76. The molecule has 1 atom stereocenters. The summed E-state index contributed by atoms with van der Waals surface area (Å²) in [6.45, 7) is 3.06. The molecule has 0 saturated heterocycles. The molecule has 0 aliphatic carbocycles. The topological polar surface area (TPSA) is 59.0 Å². The number of hydrogen-bond donors (Lipinski definition) is 1. The number of hydrogen-bond acceptors (Lipinski definition) is 5. The van der Waals surface area contributed by atoms with Gasteiger partial charge >= 0.3 is 0 Å². The van der Waals surface area contributed by atoms with Crippen molar-refractivity contribution < 1.29 is 19.4 Å². The molecule has 1 N–H and O–H groups in total. The molecule has 0 fully saturated rings. The highest BCUT2D eigenvalue weighted by atomic mass is 16.5. The first-order valence-corrected chi connectivity index (χ1v) is 8.73. The maximum absolute atomic E-state index is 13.5. The van der Waals surface area contributed by atoms with E-state index >= 15 is 0 Å². The lowest BCUT2D eigenvalue weighted by molar-refractivity contribution is 0.0443. The van der Waals surface area contributed by atoms with Gasteiger partial charge in [-0.3, -0.25) is 9.69 Å². The van der Waals surface area contributed by atoms with E-state index in [0.29, 0.717) is 36.6 Å². The van der Waals surface area contributed by atoms with Crippen LogP contribution < -0.4 is 9.47 Å². The van der Waals surface area contributed by atoms with Crippen molar-refractivity contribution >= 4 is 5.78 Å². The fourth-order valence-electron chi connectivity index (χ4n) is 3.71. The summed E-state index contributed by atoms with van der Waals surface area (Å²) in [4.78, 5) is 15.5. The van der Waals surface area contributed by atoms with Crippen LogP contribution in [0, 0.1) is 0 Å². The first kappa shape index (κ1) is 18.4. The van der Waals surface area contributed by atoms with E-state index in [1.54, 1.807) is 32.4 Å². The van der Waals surface area contributed by atoms with E-state index in [0.717, 1.165) is 0 Å². The Morgan fingerprint density at radius 1 is 1.12 bits per heavy atom. The minimum absolute atomic E-state index is 0.0109. The highest BCUT2D eigenvalue weighted by Gasteiger charge is 2.43. The molecule has 1 heterocycles. The highest BCUT2D eigenvalue weighted by molar-refractivity contribution is 6.03. The standard InChI is InChI=1S/C21H25NO4/c1-21(20(24)15-8-9-18(25-2)19(12-15)26-3)13-16-6-4-5-7-17(16)14-22(21)10-11-23/h4-9,12,23H,10-11,13-14H2,1-3H3. The van der Waals surface area contributed by atoms with Crippen molar-refractivity contribution in [3.63, 3.8) is 0 Å². The van der Waals surface area contributed by atoms with E-state index in [2.05, 4.69) is 17.0 Å². The van der Waals surface area contributed by atoms with Crippen molar-refractivity contribution in [1.29, 1.82) is 0 Å². The monoisotopic (exact) mass is 355 g/mol. The van der Waals surface area contributed by atoms with Crippen LogP contribution in [0.1, 0.15) is 28.4 Å². The van der Waals surface area contributed by atoms with Gasteiger partial charge in [0.25, 0.3) is 0 Å². The van der Waals surface area contributed by atoms with Gasteiger partial charge in [0.2, 0.25) is 0 Å². The Morgan fingerprint density at radius 3 is 2.46 bits per heavy atom. The maximum Gasteiger partial charge on any atom is 0.183 e. The summed E-state index contributed by atoms with van der Waals surface area (Å²) in [6, 6.07) is 13.4. The first-order chi connectivity index (χ1) is 12.5. The fourth-order valence-corrected chi connectivity index (χ4v) is 3.71. The van der Waals surface area contributed by atoms with E-state index in [4.69, 9.17) is 9.47 Å². The number of Topliss-reactive ketones (excluding diaryl/α,β-unsaturated/α-hetero) is 1. The number of ketones is 1. The Hall–Kier alpha value is -2.37. The summed E-state index contributed by atoms with van der Waals surface area (Å²) in [6.07, 6.45) is 0.607. The number of nitrogens with zero attached hydrogens (tertiary/aromatic N) is 1. The van der Waals surface area contributed by atoms with E-state index < -0.39 is 5.54 Å². The number of fused-ring (bicyclic) bond motifs is 1. The molecule has 1 aliphatic heterocycles. The van der Waals surface area contributed by atoms with Crippen LogP contribution in [0.4, 0.5) is 0 Å². The van der Waals surface area contributed by atoms with Crippen molar-refractivity contribution in [1.82, 2.24) is 4.90 Å². The molecule has 1 aliphatic rings. The third kappa shape index (κ3) is 3.20. The van der Waals surface area contributed by atoms with Gasteiger partial charge < -0.3 is 14.6 Å². The molecule has 0 amide bonds. The zero-order valence-electron chi connectivity index (χ0n) is 15.5. The number of ether oxygens (including phenoxy) is 2. The van der Waals surface area contributed by atoms with E-state index in [1.807, 2.05) is 19.1 Å². The number of aliphatic hydroxyl groups is 1. The molecular weight excluding hydrogens is 330 g/mol. The van der Waals surface area contributed by atoms with Crippen LogP contribution in [0.15, 0.2) is 42.5 Å². The fraction of sp³-hybridized carbons (Fsp3) is 0.381. The molecule has 0 saturated carbocycles. The summed E-state index contributed by atoms with van der Waals surface area (Å²) >= 11 is 0. The van der Waals surface area contributed by atoms with Gasteiger partial charge in [-0.05, 0) is 42.7 Å². The first-order valence-electron chi connectivity index (χ1n) is 8.73. The summed E-state index contributed by atoms with van der Waals surface area (Å²) in [5, 5.41) is 9.51. The van der Waals surface area contributed by atoms with Crippen LogP contribution in [0.25, 0.3) is 0 Å². The third-order valence-corrected chi connectivity index (χ3v) is 5.22. The third-order valence-electron chi connectivity index (χ3n) is 5.22. The van der Waals surface area contributed by atoms with Crippen LogP contribution >= 0.6 is 0 Å². The molecule has 2 aromatic carbocycles. The maximum atomic E-state index is 13.5. The van der Waals surface area contributed by atoms with Gasteiger partial charge in [-0.25, -0.2) is 0 Å². The second-order valence-electron chi connectivity index (χ2n) is 6.76. The van der Waals surface area contributed by atoms with E-state index in [1.165, 1.54) is 11.1 Å². The van der Waals surface area contributed by atoms with E-state index in [-0.39, 0.29) is 12.4 Å². The highest BCUT2D eigenvalue weighted by Crippen LogP contribution is 2.35. The Balaban J connectivity index is 2.00. The zero-order valence-corrected chi connectivity index (χ0v) is 15.5. The van der Waals surface area contributed by atoms with Gasteiger partial charge in [-0.2, -0.15) is 0 Å². The normalized spacial score (nSPS) is 19.7. The SMILES string of the molecule is COc1ccc(C(=O)C2(C)Cc3ccccc3CN2CCO)cc1OC. The minimum Gasteiger partial charge on any atom is -0.493 e. The van der Waals surface area contributed by atoms with Gasteiger partial charge in [0.1, 0.15) is 0 Å². The predicted molar refractivity (Wildman–Crippen MR) is 99.9 cm³/mol. The smallest absolute Gasteiger partial charge is 0.183 e. The Bertz CT molecular complexity index is 804. The Morgan fingerprint density at radius 2 is 1.81 bits per heavy atom. The van der Waals surface area contributed by atoms with Crippen LogP contribution in [0.5, 0.6) is 11.5 Å². The Kier molecular flexibility index (Phi) is 5.30. The number of β-amino-alcohol motifs (C(OH)–C–C–N with tert-alkyl or cyclic N) is 1. The summed E-state index contributed by atoms with van der Waals surface area (Å²) < 4.78 is 10.6. The van der Waals surface area contributed by atoms with Crippen molar-refractivity contribution in [3.8, 4) is 11.5 Å². The molecular formula is C21H25NO4. The molecule has 26 heavy (non-hydrogen) atoms. The molecule has 138 valence electrons. The largest absolute Gasteiger partial charge is 0.493 e.